The molecular formula is C13H14BrFN2O2S. The van der Waals surface area contributed by atoms with Crippen molar-refractivity contribution in [2.45, 2.75) is 31.5 Å². The molecule has 1 N–H and O–H groups in total. The number of imidazole rings is 1. The summed E-state index contributed by atoms with van der Waals surface area (Å²) in [6.07, 6.45) is 0.876. The van der Waals surface area contributed by atoms with Gasteiger partial charge in [-0.3, -0.25) is 4.79 Å². The van der Waals surface area contributed by atoms with E-state index in [0.29, 0.717) is 15.1 Å². The van der Waals surface area contributed by atoms with Crippen LogP contribution in [0.25, 0.3) is 11.0 Å². The van der Waals surface area contributed by atoms with E-state index < -0.39 is 5.97 Å². The SMILES string of the molecule is CCC(C)n1c(SCC(=O)O)nc2cc(F)c(Br)cc21. The van der Waals surface area contributed by atoms with Crippen LogP contribution in [0.3, 0.4) is 0 Å². The summed E-state index contributed by atoms with van der Waals surface area (Å²) in [7, 11) is 0. The molecule has 4 nitrogen and oxygen atoms in total. The Balaban J connectivity index is 2.57. The minimum absolute atomic E-state index is 0.0661. The van der Waals surface area contributed by atoms with Gasteiger partial charge in [-0.05, 0) is 35.3 Å². The van der Waals surface area contributed by atoms with Crippen LogP contribution in [-0.2, 0) is 4.79 Å². The summed E-state index contributed by atoms with van der Waals surface area (Å²) in [5, 5.41) is 9.41. The molecule has 0 fully saturated rings. The van der Waals surface area contributed by atoms with E-state index in [1.165, 1.54) is 6.07 Å². The van der Waals surface area contributed by atoms with Crippen molar-refractivity contribution >= 4 is 44.7 Å². The highest BCUT2D eigenvalue weighted by Gasteiger charge is 2.18. The Morgan fingerprint density at radius 1 is 1.60 bits per heavy atom. The van der Waals surface area contributed by atoms with Crippen molar-refractivity contribution in [2.24, 2.45) is 0 Å². The minimum atomic E-state index is -0.898. The molecule has 1 aromatic heterocycles. The van der Waals surface area contributed by atoms with Gasteiger partial charge in [-0.25, -0.2) is 9.37 Å². The number of thioether (sulfide) groups is 1. The lowest BCUT2D eigenvalue weighted by Crippen LogP contribution is -2.07. The molecule has 2 rings (SSSR count). The molecule has 0 bridgehead atoms. The third-order valence-electron chi connectivity index (χ3n) is 3.06. The van der Waals surface area contributed by atoms with E-state index in [4.69, 9.17) is 5.11 Å². The number of hydrogen-bond donors (Lipinski definition) is 1. The summed E-state index contributed by atoms with van der Waals surface area (Å²) in [5.74, 6) is -1.34. The largest absolute Gasteiger partial charge is 0.481 e. The fourth-order valence-electron chi connectivity index (χ4n) is 1.90. The average Bonchev–Trinajstić information content (AvgIpc) is 2.73. The quantitative estimate of drug-likeness (QED) is 0.816. The second kappa shape index (κ2) is 6.13. The summed E-state index contributed by atoms with van der Waals surface area (Å²) in [5.41, 5.74) is 1.35. The number of carboxylic acid groups (broad SMARTS) is 1. The molecule has 1 heterocycles. The van der Waals surface area contributed by atoms with Crippen LogP contribution in [0, 0.1) is 5.82 Å². The Morgan fingerprint density at radius 3 is 2.90 bits per heavy atom. The highest BCUT2D eigenvalue weighted by atomic mass is 79.9. The number of benzene rings is 1. The maximum absolute atomic E-state index is 13.6. The van der Waals surface area contributed by atoms with Crippen LogP contribution in [0.5, 0.6) is 0 Å². The van der Waals surface area contributed by atoms with Gasteiger partial charge < -0.3 is 9.67 Å². The van der Waals surface area contributed by atoms with Gasteiger partial charge in [0.2, 0.25) is 0 Å². The number of hydrogen-bond acceptors (Lipinski definition) is 3. The summed E-state index contributed by atoms with van der Waals surface area (Å²) in [4.78, 5) is 15.1. The third kappa shape index (κ3) is 2.98. The number of aliphatic carboxylic acids is 1. The highest BCUT2D eigenvalue weighted by Crippen LogP contribution is 2.31. The van der Waals surface area contributed by atoms with Gasteiger partial charge in [-0.2, -0.15) is 0 Å². The lowest BCUT2D eigenvalue weighted by Gasteiger charge is -2.15. The molecule has 108 valence electrons. The Hall–Kier alpha value is -1.08. The summed E-state index contributed by atoms with van der Waals surface area (Å²) in [6.45, 7) is 4.07. The molecule has 7 heteroatoms. The Kier molecular flexibility index (Phi) is 4.70. The molecule has 1 aromatic carbocycles. The van der Waals surface area contributed by atoms with Gasteiger partial charge >= 0.3 is 5.97 Å². The first-order chi connectivity index (χ1) is 9.43. The molecule has 0 spiro atoms. The van der Waals surface area contributed by atoms with E-state index in [2.05, 4.69) is 20.9 Å². The zero-order valence-corrected chi connectivity index (χ0v) is 13.5. The molecule has 0 aliphatic heterocycles. The molecule has 1 unspecified atom stereocenters. The zero-order valence-electron chi connectivity index (χ0n) is 11.1. The van der Waals surface area contributed by atoms with Gasteiger partial charge in [0.25, 0.3) is 0 Å². The predicted octanol–water partition coefficient (Wildman–Crippen LogP) is 4.09. The smallest absolute Gasteiger partial charge is 0.313 e. The molecule has 1 atom stereocenters. The number of rotatable bonds is 5. The first kappa shape index (κ1) is 15.3. The Bertz CT molecular complexity index is 659. The van der Waals surface area contributed by atoms with E-state index in [-0.39, 0.29) is 17.6 Å². The molecule has 0 amide bonds. The van der Waals surface area contributed by atoms with Gasteiger partial charge in [0, 0.05) is 12.1 Å². The molecule has 20 heavy (non-hydrogen) atoms. The van der Waals surface area contributed by atoms with Gasteiger partial charge in [-0.15, -0.1) is 0 Å². The van der Waals surface area contributed by atoms with Crippen LogP contribution < -0.4 is 0 Å². The minimum Gasteiger partial charge on any atom is -0.481 e. The second-order valence-corrected chi connectivity index (χ2v) is 6.26. The number of carbonyl (C=O) groups is 1. The van der Waals surface area contributed by atoms with Crippen LogP contribution in [0.15, 0.2) is 21.8 Å². The predicted molar refractivity (Wildman–Crippen MR) is 80.8 cm³/mol. The number of fused-ring (bicyclic) bond motifs is 1. The van der Waals surface area contributed by atoms with Crippen LogP contribution in [0.4, 0.5) is 4.39 Å². The lowest BCUT2D eigenvalue weighted by molar-refractivity contribution is -0.133. The van der Waals surface area contributed by atoms with E-state index >= 15 is 0 Å². The molecule has 0 aliphatic carbocycles. The molecule has 2 aromatic rings. The zero-order chi connectivity index (χ0) is 14.9. The summed E-state index contributed by atoms with van der Waals surface area (Å²) < 4.78 is 15.9. The first-order valence-corrected chi connectivity index (χ1v) is 7.93. The fourth-order valence-corrected chi connectivity index (χ4v) is 3.07. The summed E-state index contributed by atoms with van der Waals surface area (Å²) in [6, 6.07) is 3.21. The van der Waals surface area contributed by atoms with Crippen molar-refractivity contribution in [2.75, 3.05) is 5.75 Å². The third-order valence-corrected chi connectivity index (χ3v) is 4.60. The second-order valence-electron chi connectivity index (χ2n) is 4.46. The number of halogens is 2. The van der Waals surface area contributed by atoms with Crippen LogP contribution in [0.1, 0.15) is 26.3 Å². The molecule has 0 saturated heterocycles. The Morgan fingerprint density at radius 2 is 2.30 bits per heavy atom. The van der Waals surface area contributed by atoms with Crippen LogP contribution >= 0.6 is 27.7 Å². The molecule has 0 aliphatic rings. The maximum Gasteiger partial charge on any atom is 0.313 e. The fraction of sp³-hybridized carbons (Fsp3) is 0.385. The van der Waals surface area contributed by atoms with Crippen molar-refractivity contribution in [3.8, 4) is 0 Å². The van der Waals surface area contributed by atoms with Crippen molar-refractivity contribution in [3.05, 3.63) is 22.4 Å². The normalized spacial score (nSPS) is 12.8. The van der Waals surface area contributed by atoms with Crippen LogP contribution in [-0.4, -0.2) is 26.4 Å². The molecule has 0 saturated carbocycles. The maximum atomic E-state index is 13.6. The monoisotopic (exact) mass is 360 g/mol. The first-order valence-electron chi connectivity index (χ1n) is 6.15. The van der Waals surface area contributed by atoms with E-state index in [0.717, 1.165) is 23.7 Å². The van der Waals surface area contributed by atoms with Crippen molar-refractivity contribution in [3.63, 3.8) is 0 Å². The van der Waals surface area contributed by atoms with Crippen molar-refractivity contribution in [1.29, 1.82) is 0 Å². The standard InChI is InChI=1S/C13H14BrFN2O2S/c1-3-7(2)17-11-4-8(14)9(15)5-10(11)16-13(17)20-6-12(18)19/h4-5,7H,3,6H2,1-2H3,(H,18,19). The van der Waals surface area contributed by atoms with Crippen molar-refractivity contribution < 1.29 is 14.3 Å². The highest BCUT2D eigenvalue weighted by molar-refractivity contribution is 9.10. The van der Waals surface area contributed by atoms with Crippen molar-refractivity contribution in [1.82, 2.24) is 9.55 Å². The number of aromatic nitrogens is 2. The number of carboxylic acids is 1. The van der Waals surface area contributed by atoms with Gasteiger partial charge in [-0.1, -0.05) is 18.7 Å². The van der Waals surface area contributed by atoms with E-state index in [1.54, 1.807) is 6.07 Å². The Labute approximate surface area is 128 Å². The molecule has 0 radical (unpaired) electrons. The summed E-state index contributed by atoms with van der Waals surface area (Å²) >= 11 is 4.33. The van der Waals surface area contributed by atoms with Crippen LogP contribution in [0.2, 0.25) is 0 Å². The number of nitrogens with zero attached hydrogens (tertiary/aromatic N) is 2. The van der Waals surface area contributed by atoms with Gasteiger partial charge in [0.15, 0.2) is 5.16 Å². The lowest BCUT2D eigenvalue weighted by atomic mass is 10.2. The van der Waals surface area contributed by atoms with E-state index in [9.17, 15) is 9.18 Å². The van der Waals surface area contributed by atoms with E-state index in [1.807, 2.05) is 18.4 Å². The average molecular weight is 361 g/mol. The van der Waals surface area contributed by atoms with Gasteiger partial charge in [0.05, 0.1) is 21.3 Å². The molecular weight excluding hydrogens is 347 g/mol. The topological polar surface area (TPSA) is 55.1 Å². The van der Waals surface area contributed by atoms with Gasteiger partial charge in [0.1, 0.15) is 5.82 Å².